The zero-order valence-electron chi connectivity index (χ0n) is 11.3. The molecule has 0 bridgehead atoms. The number of anilines is 1. The molecule has 0 unspecified atom stereocenters. The molecule has 0 atom stereocenters. The van der Waals surface area contributed by atoms with Crippen LogP contribution in [0.5, 0.6) is 0 Å². The summed E-state index contributed by atoms with van der Waals surface area (Å²) >= 11 is 0. The summed E-state index contributed by atoms with van der Waals surface area (Å²) in [5.41, 5.74) is 4.28. The van der Waals surface area contributed by atoms with Crippen molar-refractivity contribution in [1.29, 1.82) is 0 Å². The molecular weight excluding hydrogens is 238 g/mol. The van der Waals surface area contributed by atoms with Crippen molar-refractivity contribution in [3.63, 3.8) is 0 Å². The number of aryl methyl sites for hydroxylation is 2. The number of rotatable bonds is 5. The average molecular weight is 257 g/mol. The molecule has 0 saturated heterocycles. The second-order valence-corrected chi connectivity index (χ2v) is 4.61. The van der Waals surface area contributed by atoms with Crippen LogP contribution in [0.4, 0.5) is 5.95 Å². The van der Waals surface area contributed by atoms with Crippen molar-refractivity contribution in [2.45, 2.75) is 26.9 Å². The van der Waals surface area contributed by atoms with Gasteiger partial charge in [0.05, 0.1) is 6.61 Å². The maximum Gasteiger partial charge on any atom is 0.222 e. The van der Waals surface area contributed by atoms with E-state index in [1.807, 2.05) is 44.3 Å². The maximum atomic E-state index is 8.97. The molecule has 0 fully saturated rings. The molecule has 0 saturated carbocycles. The highest BCUT2D eigenvalue weighted by Crippen LogP contribution is 2.07. The first-order valence-corrected chi connectivity index (χ1v) is 6.42. The Morgan fingerprint density at radius 1 is 1.11 bits per heavy atom. The number of aromatic nitrogens is 2. The van der Waals surface area contributed by atoms with Crippen molar-refractivity contribution in [2.24, 2.45) is 0 Å². The van der Waals surface area contributed by atoms with Gasteiger partial charge >= 0.3 is 0 Å². The number of nitrogens with one attached hydrogen (secondary N) is 1. The Bertz CT molecular complexity index is 538. The number of aliphatic hydroxyl groups is 1. The molecule has 0 aliphatic rings. The lowest BCUT2D eigenvalue weighted by Gasteiger charge is -2.07. The molecule has 0 amide bonds. The van der Waals surface area contributed by atoms with Gasteiger partial charge in [-0.15, -0.1) is 0 Å². The predicted molar refractivity (Wildman–Crippen MR) is 76.1 cm³/mol. The first-order chi connectivity index (χ1) is 9.19. The summed E-state index contributed by atoms with van der Waals surface area (Å²) in [6.45, 7) is 4.87. The first-order valence-electron chi connectivity index (χ1n) is 6.42. The molecule has 0 spiro atoms. The summed E-state index contributed by atoms with van der Waals surface area (Å²) in [6.07, 6.45) is 2.74. The van der Waals surface area contributed by atoms with E-state index in [4.69, 9.17) is 5.11 Å². The highest BCUT2D eigenvalue weighted by atomic mass is 16.3. The van der Waals surface area contributed by atoms with Crippen molar-refractivity contribution < 1.29 is 5.11 Å². The van der Waals surface area contributed by atoms with E-state index in [0.717, 1.165) is 29.8 Å². The zero-order valence-corrected chi connectivity index (χ0v) is 11.3. The fourth-order valence-electron chi connectivity index (χ4n) is 1.74. The summed E-state index contributed by atoms with van der Waals surface area (Å²) in [6, 6.07) is 7.96. The topological polar surface area (TPSA) is 58.0 Å². The summed E-state index contributed by atoms with van der Waals surface area (Å²) in [4.78, 5) is 8.62. The lowest BCUT2D eigenvalue weighted by atomic mass is 10.1. The lowest BCUT2D eigenvalue weighted by Crippen LogP contribution is -2.08. The van der Waals surface area contributed by atoms with E-state index in [1.54, 1.807) is 0 Å². The van der Waals surface area contributed by atoms with Gasteiger partial charge in [0, 0.05) is 18.4 Å². The monoisotopic (exact) mass is 257 g/mol. The molecule has 2 rings (SSSR count). The van der Waals surface area contributed by atoms with E-state index >= 15 is 0 Å². The number of nitrogens with zero attached hydrogens (tertiary/aromatic N) is 2. The van der Waals surface area contributed by atoms with Crippen LogP contribution in [0.15, 0.2) is 30.5 Å². The van der Waals surface area contributed by atoms with Gasteiger partial charge in [-0.1, -0.05) is 24.3 Å². The van der Waals surface area contributed by atoms with Gasteiger partial charge < -0.3 is 10.4 Å². The number of benzene rings is 1. The second-order valence-electron chi connectivity index (χ2n) is 4.61. The van der Waals surface area contributed by atoms with Crippen molar-refractivity contribution >= 4 is 5.95 Å². The largest absolute Gasteiger partial charge is 0.392 e. The van der Waals surface area contributed by atoms with E-state index < -0.39 is 0 Å². The van der Waals surface area contributed by atoms with Crippen LogP contribution in [0.1, 0.15) is 22.4 Å². The van der Waals surface area contributed by atoms with Crippen LogP contribution in [-0.4, -0.2) is 21.6 Å². The third-order valence-corrected chi connectivity index (χ3v) is 3.13. The molecule has 0 radical (unpaired) electrons. The van der Waals surface area contributed by atoms with Gasteiger partial charge in [0.15, 0.2) is 0 Å². The molecular formula is C15H19N3O. The van der Waals surface area contributed by atoms with E-state index in [0.29, 0.717) is 5.95 Å². The van der Waals surface area contributed by atoms with Crippen LogP contribution < -0.4 is 5.32 Å². The fraction of sp³-hybridized carbons (Fsp3) is 0.333. The van der Waals surface area contributed by atoms with Gasteiger partial charge in [-0.3, -0.25) is 0 Å². The van der Waals surface area contributed by atoms with Gasteiger partial charge in [0.2, 0.25) is 5.95 Å². The summed E-state index contributed by atoms with van der Waals surface area (Å²) in [5.74, 6) is 0.676. The SMILES string of the molecule is Cc1cnc(NCCc2ccc(CO)cc2)nc1C. The van der Waals surface area contributed by atoms with Crippen LogP contribution in [-0.2, 0) is 13.0 Å². The number of hydrogen-bond donors (Lipinski definition) is 2. The Labute approximate surface area is 113 Å². The van der Waals surface area contributed by atoms with E-state index in [1.165, 1.54) is 5.56 Å². The Balaban J connectivity index is 1.86. The Morgan fingerprint density at radius 2 is 1.79 bits per heavy atom. The number of hydrogen-bond acceptors (Lipinski definition) is 4. The Hall–Kier alpha value is -1.94. The molecule has 0 aliphatic heterocycles. The van der Waals surface area contributed by atoms with Crippen LogP contribution in [0.3, 0.4) is 0 Å². The third kappa shape index (κ3) is 3.76. The molecule has 1 aromatic carbocycles. The van der Waals surface area contributed by atoms with Crippen molar-refractivity contribution in [3.8, 4) is 0 Å². The van der Waals surface area contributed by atoms with Gasteiger partial charge in [0.1, 0.15) is 0 Å². The zero-order chi connectivity index (χ0) is 13.7. The summed E-state index contributed by atoms with van der Waals surface area (Å²) < 4.78 is 0. The minimum Gasteiger partial charge on any atom is -0.392 e. The van der Waals surface area contributed by atoms with Gasteiger partial charge in [-0.2, -0.15) is 0 Å². The highest BCUT2D eigenvalue weighted by Gasteiger charge is 1.99. The maximum absolute atomic E-state index is 8.97. The summed E-state index contributed by atoms with van der Waals surface area (Å²) in [7, 11) is 0. The minimum absolute atomic E-state index is 0.0923. The van der Waals surface area contributed by atoms with E-state index in [9.17, 15) is 0 Å². The van der Waals surface area contributed by atoms with E-state index in [2.05, 4.69) is 15.3 Å². The molecule has 4 nitrogen and oxygen atoms in total. The van der Waals surface area contributed by atoms with E-state index in [-0.39, 0.29) is 6.61 Å². The molecule has 2 aromatic rings. The third-order valence-electron chi connectivity index (χ3n) is 3.13. The molecule has 4 heteroatoms. The Kier molecular flexibility index (Phi) is 4.47. The molecule has 1 heterocycles. The highest BCUT2D eigenvalue weighted by molar-refractivity contribution is 5.29. The van der Waals surface area contributed by atoms with Crippen molar-refractivity contribution in [2.75, 3.05) is 11.9 Å². The van der Waals surface area contributed by atoms with Crippen molar-refractivity contribution in [3.05, 3.63) is 52.8 Å². The van der Waals surface area contributed by atoms with Crippen LogP contribution >= 0.6 is 0 Å². The first kappa shape index (κ1) is 13.5. The molecule has 100 valence electrons. The van der Waals surface area contributed by atoms with Crippen LogP contribution in [0.2, 0.25) is 0 Å². The van der Waals surface area contributed by atoms with Gasteiger partial charge in [0.25, 0.3) is 0 Å². The van der Waals surface area contributed by atoms with Gasteiger partial charge in [-0.25, -0.2) is 9.97 Å². The fourth-order valence-corrected chi connectivity index (χ4v) is 1.74. The standard InChI is InChI=1S/C15H19N3O/c1-11-9-17-15(18-12(11)2)16-8-7-13-3-5-14(10-19)6-4-13/h3-6,9,19H,7-8,10H2,1-2H3,(H,16,17,18). The molecule has 2 N–H and O–H groups in total. The van der Waals surface area contributed by atoms with Crippen molar-refractivity contribution in [1.82, 2.24) is 9.97 Å². The van der Waals surface area contributed by atoms with Crippen LogP contribution in [0.25, 0.3) is 0 Å². The molecule has 1 aromatic heterocycles. The lowest BCUT2D eigenvalue weighted by molar-refractivity contribution is 0.282. The second kappa shape index (κ2) is 6.29. The average Bonchev–Trinajstić information content (AvgIpc) is 2.43. The quantitative estimate of drug-likeness (QED) is 0.862. The normalized spacial score (nSPS) is 10.5. The molecule has 19 heavy (non-hydrogen) atoms. The molecule has 0 aliphatic carbocycles. The number of aliphatic hydroxyl groups excluding tert-OH is 1. The Morgan fingerprint density at radius 3 is 2.42 bits per heavy atom. The van der Waals surface area contributed by atoms with Crippen LogP contribution in [0, 0.1) is 13.8 Å². The smallest absolute Gasteiger partial charge is 0.222 e. The minimum atomic E-state index is 0.0923. The van der Waals surface area contributed by atoms with Gasteiger partial charge in [-0.05, 0) is 37.0 Å². The summed E-state index contributed by atoms with van der Waals surface area (Å²) in [5, 5.41) is 12.2. The predicted octanol–water partition coefficient (Wildman–Crippen LogP) is 2.24.